The monoisotopic (exact) mass is 231 g/mol. The van der Waals surface area contributed by atoms with Gasteiger partial charge in [-0.05, 0) is 18.2 Å². The van der Waals surface area contributed by atoms with Crippen molar-refractivity contribution in [1.82, 2.24) is 0 Å². The minimum absolute atomic E-state index is 0.456. The van der Waals surface area contributed by atoms with Gasteiger partial charge in [0, 0.05) is 20.7 Å². The maximum absolute atomic E-state index is 6.10. The maximum atomic E-state index is 6.10. The minimum atomic E-state index is 0.456. The quantitative estimate of drug-likeness (QED) is 0.586. The molecule has 0 bridgehead atoms. The average Bonchev–Trinajstić information content (AvgIpc) is 2.44. The third kappa shape index (κ3) is 1.50. The molecular weight excluding hydrogens is 225 g/mol. The predicted octanol–water partition coefficient (Wildman–Crippen LogP) is 3.88. The molecule has 0 aliphatic heterocycles. The predicted molar refractivity (Wildman–Crippen MR) is 60.8 cm³/mol. The van der Waals surface area contributed by atoms with E-state index in [-0.39, 0.29) is 0 Å². The first kappa shape index (κ1) is 9.13. The Morgan fingerprint density at radius 2 is 2.15 bits per heavy atom. The van der Waals surface area contributed by atoms with Gasteiger partial charge in [0.15, 0.2) is 0 Å². The molecule has 2 N–H and O–H groups in total. The summed E-state index contributed by atoms with van der Waals surface area (Å²) in [5, 5.41) is 1.74. The number of anilines is 1. The molecule has 0 aliphatic carbocycles. The van der Waals surface area contributed by atoms with E-state index >= 15 is 0 Å². The zero-order valence-electron chi connectivity index (χ0n) is 6.68. The number of halogens is 2. The fourth-order valence-corrected chi connectivity index (χ4v) is 2.91. The van der Waals surface area contributed by atoms with Crippen LogP contribution >= 0.6 is 34.5 Å². The van der Waals surface area contributed by atoms with Gasteiger partial charge in [-0.25, -0.2) is 0 Å². The van der Waals surface area contributed by atoms with Crippen LogP contribution in [0.4, 0.5) is 5.69 Å². The van der Waals surface area contributed by atoms with Crippen LogP contribution in [0.15, 0.2) is 18.2 Å². The zero-order valence-corrected chi connectivity index (χ0v) is 9.01. The van der Waals surface area contributed by atoms with Crippen molar-refractivity contribution in [1.29, 1.82) is 0 Å². The van der Waals surface area contributed by atoms with Gasteiger partial charge in [-0.1, -0.05) is 11.6 Å². The van der Waals surface area contributed by atoms with Gasteiger partial charge in [-0.3, -0.25) is 0 Å². The highest BCUT2D eigenvalue weighted by Gasteiger charge is 2.08. The second-order valence-corrected chi connectivity index (χ2v) is 4.51. The van der Waals surface area contributed by atoms with E-state index in [0.29, 0.717) is 5.88 Å². The van der Waals surface area contributed by atoms with Crippen molar-refractivity contribution in [2.45, 2.75) is 5.88 Å². The van der Waals surface area contributed by atoms with Gasteiger partial charge in [0.1, 0.15) is 0 Å². The van der Waals surface area contributed by atoms with E-state index in [1.165, 1.54) is 0 Å². The van der Waals surface area contributed by atoms with Gasteiger partial charge in [-0.2, -0.15) is 0 Å². The van der Waals surface area contributed by atoms with Crippen molar-refractivity contribution in [2.75, 3.05) is 5.73 Å². The average molecular weight is 232 g/mol. The molecule has 13 heavy (non-hydrogen) atoms. The largest absolute Gasteiger partial charge is 0.399 e. The Bertz CT molecular complexity index is 450. The SMILES string of the molecule is Nc1ccc2sc(CCl)c(Cl)c2c1. The van der Waals surface area contributed by atoms with Crippen LogP contribution in [0.2, 0.25) is 5.02 Å². The molecule has 0 radical (unpaired) electrons. The Balaban J connectivity index is 2.77. The van der Waals surface area contributed by atoms with Crippen molar-refractivity contribution < 1.29 is 0 Å². The van der Waals surface area contributed by atoms with Crippen LogP contribution in [0.5, 0.6) is 0 Å². The molecule has 0 aliphatic rings. The summed E-state index contributed by atoms with van der Waals surface area (Å²) in [6.45, 7) is 0. The van der Waals surface area contributed by atoms with E-state index in [4.69, 9.17) is 28.9 Å². The first-order valence-electron chi connectivity index (χ1n) is 3.74. The molecule has 0 fully saturated rings. The van der Waals surface area contributed by atoms with E-state index in [0.717, 1.165) is 25.7 Å². The number of thiophene rings is 1. The van der Waals surface area contributed by atoms with Gasteiger partial charge >= 0.3 is 0 Å². The topological polar surface area (TPSA) is 26.0 Å². The lowest BCUT2D eigenvalue weighted by Crippen LogP contribution is -1.81. The highest BCUT2D eigenvalue weighted by Crippen LogP contribution is 2.36. The Morgan fingerprint density at radius 1 is 1.38 bits per heavy atom. The van der Waals surface area contributed by atoms with Gasteiger partial charge in [-0.15, -0.1) is 22.9 Å². The molecule has 0 atom stereocenters. The van der Waals surface area contributed by atoms with Crippen LogP contribution in [0.3, 0.4) is 0 Å². The molecule has 2 rings (SSSR count). The Kier molecular flexibility index (Phi) is 2.37. The van der Waals surface area contributed by atoms with Crippen LogP contribution in [0.25, 0.3) is 10.1 Å². The lowest BCUT2D eigenvalue weighted by molar-refractivity contribution is 1.54. The van der Waals surface area contributed by atoms with Crippen molar-refractivity contribution in [3.05, 3.63) is 28.1 Å². The molecule has 0 amide bonds. The molecule has 0 saturated heterocycles. The Hall–Kier alpha value is -0.440. The number of alkyl halides is 1. The molecule has 68 valence electrons. The summed E-state index contributed by atoms with van der Waals surface area (Å²) in [5.74, 6) is 0.456. The van der Waals surface area contributed by atoms with E-state index in [1.54, 1.807) is 11.3 Å². The number of hydrogen-bond acceptors (Lipinski definition) is 2. The molecule has 1 aromatic heterocycles. The zero-order chi connectivity index (χ0) is 9.42. The number of benzene rings is 1. The second kappa shape index (κ2) is 3.37. The first-order valence-corrected chi connectivity index (χ1v) is 5.47. The van der Waals surface area contributed by atoms with Crippen LogP contribution in [0, 0.1) is 0 Å². The Labute approximate surface area is 90.1 Å². The van der Waals surface area contributed by atoms with Crippen molar-refractivity contribution in [3.63, 3.8) is 0 Å². The summed E-state index contributed by atoms with van der Waals surface area (Å²) >= 11 is 13.5. The summed E-state index contributed by atoms with van der Waals surface area (Å²) in [5.41, 5.74) is 6.39. The standard InChI is InChI=1S/C9H7Cl2NS/c10-4-8-9(11)6-3-5(12)1-2-7(6)13-8/h1-3H,4,12H2. The summed E-state index contributed by atoms with van der Waals surface area (Å²) < 4.78 is 1.13. The van der Waals surface area contributed by atoms with E-state index < -0.39 is 0 Å². The fraction of sp³-hybridized carbons (Fsp3) is 0.111. The molecule has 2 aromatic rings. The highest BCUT2D eigenvalue weighted by molar-refractivity contribution is 7.20. The number of rotatable bonds is 1. The van der Waals surface area contributed by atoms with Crippen molar-refractivity contribution >= 4 is 50.3 Å². The molecular formula is C9H7Cl2NS. The Morgan fingerprint density at radius 3 is 2.85 bits per heavy atom. The van der Waals surface area contributed by atoms with Crippen LogP contribution in [-0.2, 0) is 5.88 Å². The molecule has 1 aromatic carbocycles. The minimum Gasteiger partial charge on any atom is -0.399 e. The van der Waals surface area contributed by atoms with E-state index in [1.807, 2.05) is 18.2 Å². The van der Waals surface area contributed by atoms with E-state index in [2.05, 4.69) is 0 Å². The molecule has 0 unspecified atom stereocenters. The maximum Gasteiger partial charge on any atom is 0.0636 e. The van der Waals surface area contributed by atoms with Crippen molar-refractivity contribution in [3.8, 4) is 0 Å². The van der Waals surface area contributed by atoms with Gasteiger partial charge in [0.05, 0.1) is 10.9 Å². The molecule has 1 nitrogen and oxygen atoms in total. The van der Waals surface area contributed by atoms with Crippen LogP contribution < -0.4 is 5.73 Å². The van der Waals surface area contributed by atoms with Crippen molar-refractivity contribution in [2.24, 2.45) is 0 Å². The fourth-order valence-electron chi connectivity index (χ4n) is 1.22. The number of fused-ring (bicyclic) bond motifs is 1. The van der Waals surface area contributed by atoms with Crippen LogP contribution in [0.1, 0.15) is 4.88 Å². The lowest BCUT2D eigenvalue weighted by atomic mass is 10.2. The molecule has 0 spiro atoms. The normalized spacial score (nSPS) is 10.9. The molecule has 4 heteroatoms. The van der Waals surface area contributed by atoms with Crippen LogP contribution in [-0.4, -0.2) is 0 Å². The number of nitrogen functional groups attached to an aromatic ring is 1. The number of hydrogen-bond donors (Lipinski definition) is 1. The summed E-state index contributed by atoms with van der Waals surface area (Å²) in [7, 11) is 0. The lowest BCUT2D eigenvalue weighted by Gasteiger charge is -1.92. The summed E-state index contributed by atoms with van der Waals surface area (Å²) in [6.07, 6.45) is 0. The smallest absolute Gasteiger partial charge is 0.0636 e. The third-order valence-corrected chi connectivity index (χ3v) is 3.98. The first-order chi connectivity index (χ1) is 6.22. The molecule has 0 saturated carbocycles. The summed E-state index contributed by atoms with van der Waals surface area (Å²) in [4.78, 5) is 1.00. The van der Waals surface area contributed by atoms with Gasteiger partial charge < -0.3 is 5.73 Å². The second-order valence-electron chi connectivity index (χ2n) is 2.73. The van der Waals surface area contributed by atoms with Gasteiger partial charge in [0.2, 0.25) is 0 Å². The van der Waals surface area contributed by atoms with E-state index in [9.17, 15) is 0 Å². The highest BCUT2D eigenvalue weighted by atomic mass is 35.5. The summed E-state index contributed by atoms with van der Waals surface area (Å²) in [6, 6.07) is 5.72. The number of nitrogens with two attached hydrogens (primary N) is 1. The molecule has 1 heterocycles. The third-order valence-electron chi connectivity index (χ3n) is 1.84. The van der Waals surface area contributed by atoms with Gasteiger partial charge in [0.25, 0.3) is 0 Å².